The zero-order valence-corrected chi connectivity index (χ0v) is 13.0. The summed E-state index contributed by atoms with van der Waals surface area (Å²) < 4.78 is 15.7. The van der Waals surface area contributed by atoms with Crippen LogP contribution in [-0.4, -0.2) is 55.0 Å². The molecule has 2 rings (SSSR count). The highest BCUT2D eigenvalue weighted by atomic mass is 16.6. The summed E-state index contributed by atoms with van der Waals surface area (Å²) >= 11 is 0. The first-order chi connectivity index (χ1) is 9.80. The first kappa shape index (κ1) is 15.8. The summed E-state index contributed by atoms with van der Waals surface area (Å²) in [6, 6.07) is -0.161. The number of hydrogen-bond donors (Lipinski definition) is 0. The number of hydrogen-bond acceptors (Lipinski definition) is 5. The molecule has 118 valence electrons. The first-order valence-corrected chi connectivity index (χ1v) is 7.16. The second kappa shape index (κ2) is 6.05. The van der Waals surface area contributed by atoms with Gasteiger partial charge in [0.15, 0.2) is 0 Å². The SMILES string of the molecule is COC(=O)C=C1CC2COCC(C1)N2C(=O)OC(C)(C)C. The molecule has 0 N–H and O–H groups in total. The van der Waals surface area contributed by atoms with E-state index in [2.05, 4.69) is 4.74 Å². The largest absolute Gasteiger partial charge is 0.466 e. The molecule has 0 aliphatic carbocycles. The first-order valence-electron chi connectivity index (χ1n) is 7.16. The molecular formula is C15H23NO5. The van der Waals surface area contributed by atoms with Crippen molar-refractivity contribution in [3.8, 4) is 0 Å². The molecule has 2 atom stereocenters. The molecule has 6 heteroatoms. The fraction of sp³-hybridized carbons (Fsp3) is 0.733. The Morgan fingerprint density at radius 1 is 1.24 bits per heavy atom. The Morgan fingerprint density at radius 2 is 1.81 bits per heavy atom. The maximum atomic E-state index is 12.3. The molecule has 2 aliphatic heterocycles. The molecule has 6 nitrogen and oxygen atoms in total. The topological polar surface area (TPSA) is 65.1 Å². The fourth-order valence-electron chi connectivity index (χ4n) is 2.76. The van der Waals surface area contributed by atoms with Gasteiger partial charge in [-0.3, -0.25) is 4.90 Å². The van der Waals surface area contributed by atoms with Gasteiger partial charge in [-0.25, -0.2) is 9.59 Å². The second-order valence-corrected chi connectivity index (χ2v) is 6.47. The molecule has 0 saturated carbocycles. The van der Waals surface area contributed by atoms with Gasteiger partial charge < -0.3 is 14.2 Å². The van der Waals surface area contributed by atoms with Gasteiger partial charge in [0.25, 0.3) is 0 Å². The van der Waals surface area contributed by atoms with Crippen molar-refractivity contribution < 1.29 is 23.8 Å². The average molecular weight is 297 g/mol. The summed E-state index contributed by atoms with van der Waals surface area (Å²) in [4.78, 5) is 25.5. The number of methoxy groups -OCH3 is 1. The number of piperidine rings is 1. The van der Waals surface area contributed by atoms with E-state index in [1.807, 2.05) is 20.8 Å². The monoisotopic (exact) mass is 297 g/mol. The van der Waals surface area contributed by atoms with Gasteiger partial charge in [0.1, 0.15) is 5.60 Å². The van der Waals surface area contributed by atoms with Crippen molar-refractivity contribution in [3.63, 3.8) is 0 Å². The summed E-state index contributed by atoms with van der Waals surface area (Å²) in [5, 5.41) is 0. The molecule has 0 aromatic rings. The van der Waals surface area contributed by atoms with Crippen LogP contribution in [-0.2, 0) is 19.0 Å². The van der Waals surface area contributed by atoms with Crippen LogP contribution in [0.1, 0.15) is 33.6 Å². The predicted octanol–water partition coefficient (Wildman–Crippen LogP) is 1.88. The second-order valence-electron chi connectivity index (χ2n) is 6.47. The lowest BCUT2D eigenvalue weighted by Crippen LogP contribution is -2.58. The van der Waals surface area contributed by atoms with Crippen molar-refractivity contribution in [3.05, 3.63) is 11.6 Å². The highest BCUT2D eigenvalue weighted by molar-refractivity contribution is 5.82. The van der Waals surface area contributed by atoms with Crippen LogP contribution in [0.15, 0.2) is 11.6 Å². The van der Waals surface area contributed by atoms with Gasteiger partial charge in [0, 0.05) is 6.08 Å². The van der Waals surface area contributed by atoms with Crippen LogP contribution >= 0.6 is 0 Å². The summed E-state index contributed by atoms with van der Waals surface area (Å²) in [7, 11) is 1.36. The van der Waals surface area contributed by atoms with E-state index in [-0.39, 0.29) is 24.1 Å². The van der Waals surface area contributed by atoms with Crippen molar-refractivity contribution >= 4 is 12.1 Å². The highest BCUT2D eigenvalue weighted by Gasteiger charge is 2.41. The summed E-state index contributed by atoms with van der Waals surface area (Å²) in [6.45, 7) is 6.49. The van der Waals surface area contributed by atoms with Gasteiger partial charge in [-0.15, -0.1) is 0 Å². The lowest BCUT2D eigenvalue weighted by Gasteiger charge is -2.46. The normalized spacial score (nSPS) is 25.3. The van der Waals surface area contributed by atoms with Gasteiger partial charge >= 0.3 is 12.1 Å². The molecule has 2 saturated heterocycles. The van der Waals surface area contributed by atoms with Gasteiger partial charge in [0.2, 0.25) is 0 Å². The number of carbonyl (C=O) groups excluding carboxylic acids is 2. The molecule has 0 aromatic carbocycles. The third-order valence-corrected chi connectivity index (χ3v) is 3.53. The van der Waals surface area contributed by atoms with Crippen LogP contribution in [0.3, 0.4) is 0 Å². The van der Waals surface area contributed by atoms with Crippen molar-refractivity contribution in [2.75, 3.05) is 20.3 Å². The number of morpholine rings is 1. The standard InChI is InChI=1S/C15H23NO5/c1-15(2,3)21-14(18)16-11-5-10(7-13(17)19-4)6-12(16)9-20-8-11/h7,11-12H,5-6,8-9H2,1-4H3. The Bertz CT molecular complexity index is 435. The molecule has 2 fully saturated rings. The Labute approximate surface area is 125 Å². The van der Waals surface area contributed by atoms with Crippen LogP contribution in [0.4, 0.5) is 4.79 Å². The fourth-order valence-corrected chi connectivity index (χ4v) is 2.76. The summed E-state index contributed by atoms with van der Waals surface area (Å²) in [6.07, 6.45) is 2.45. The van der Waals surface area contributed by atoms with Crippen LogP contribution in [0.5, 0.6) is 0 Å². The summed E-state index contributed by atoms with van der Waals surface area (Å²) in [5.74, 6) is -0.352. The third kappa shape index (κ3) is 3.97. The van der Waals surface area contributed by atoms with E-state index in [1.54, 1.807) is 4.90 Å². The number of fused-ring (bicyclic) bond motifs is 2. The van der Waals surface area contributed by atoms with E-state index in [1.165, 1.54) is 13.2 Å². The van der Waals surface area contributed by atoms with E-state index < -0.39 is 5.60 Å². The number of ether oxygens (including phenoxy) is 3. The van der Waals surface area contributed by atoms with Gasteiger partial charge in [-0.1, -0.05) is 5.57 Å². The Kier molecular flexibility index (Phi) is 4.56. The number of esters is 1. The van der Waals surface area contributed by atoms with E-state index in [4.69, 9.17) is 9.47 Å². The minimum absolute atomic E-state index is 0.0803. The van der Waals surface area contributed by atoms with E-state index in [0.717, 1.165) is 5.57 Å². The molecule has 0 spiro atoms. The molecule has 2 aliphatic rings. The smallest absolute Gasteiger partial charge is 0.410 e. The zero-order chi connectivity index (χ0) is 15.6. The quantitative estimate of drug-likeness (QED) is 0.546. The number of carbonyl (C=O) groups is 2. The minimum atomic E-state index is -0.519. The van der Waals surface area contributed by atoms with Crippen molar-refractivity contribution in [2.45, 2.75) is 51.3 Å². The van der Waals surface area contributed by atoms with Crippen LogP contribution in [0.2, 0.25) is 0 Å². The van der Waals surface area contributed by atoms with E-state index in [0.29, 0.717) is 26.1 Å². The van der Waals surface area contributed by atoms with E-state index in [9.17, 15) is 9.59 Å². The molecule has 2 unspecified atom stereocenters. The van der Waals surface area contributed by atoms with Crippen LogP contribution < -0.4 is 0 Å². The molecule has 2 bridgehead atoms. The van der Waals surface area contributed by atoms with Crippen molar-refractivity contribution in [1.82, 2.24) is 4.90 Å². The molecule has 1 amide bonds. The maximum Gasteiger partial charge on any atom is 0.410 e. The van der Waals surface area contributed by atoms with Crippen LogP contribution in [0.25, 0.3) is 0 Å². The molecular weight excluding hydrogens is 274 g/mol. The molecule has 21 heavy (non-hydrogen) atoms. The number of rotatable bonds is 1. The average Bonchev–Trinajstić information content (AvgIpc) is 2.35. The summed E-state index contributed by atoms with van der Waals surface area (Å²) in [5.41, 5.74) is 0.480. The Hall–Kier alpha value is -1.56. The van der Waals surface area contributed by atoms with Crippen molar-refractivity contribution in [1.29, 1.82) is 0 Å². The highest BCUT2D eigenvalue weighted by Crippen LogP contribution is 2.32. The van der Waals surface area contributed by atoms with Gasteiger partial charge in [-0.2, -0.15) is 0 Å². The molecule has 2 heterocycles. The third-order valence-electron chi connectivity index (χ3n) is 3.53. The molecule has 0 aromatic heterocycles. The van der Waals surface area contributed by atoms with E-state index >= 15 is 0 Å². The van der Waals surface area contributed by atoms with Gasteiger partial charge in [0.05, 0.1) is 32.4 Å². The minimum Gasteiger partial charge on any atom is -0.466 e. The number of nitrogens with zero attached hydrogens (tertiary/aromatic N) is 1. The Balaban J connectivity index is 2.11. The molecule has 0 radical (unpaired) electrons. The number of amides is 1. The lowest BCUT2D eigenvalue weighted by molar-refractivity contribution is -0.135. The predicted molar refractivity (Wildman–Crippen MR) is 75.8 cm³/mol. The van der Waals surface area contributed by atoms with Crippen LogP contribution in [0, 0.1) is 0 Å². The van der Waals surface area contributed by atoms with Gasteiger partial charge in [-0.05, 0) is 33.6 Å². The Morgan fingerprint density at radius 3 is 2.29 bits per heavy atom. The lowest BCUT2D eigenvalue weighted by atomic mass is 9.90. The van der Waals surface area contributed by atoms with Crippen molar-refractivity contribution in [2.24, 2.45) is 0 Å². The maximum absolute atomic E-state index is 12.3. The zero-order valence-electron chi connectivity index (χ0n) is 13.0.